The topological polar surface area (TPSA) is 59.1 Å². The highest BCUT2D eigenvalue weighted by Gasteiger charge is 2.47. The Kier molecular flexibility index (Phi) is 5.03. The van der Waals surface area contributed by atoms with Crippen molar-refractivity contribution in [3.05, 3.63) is 58.6 Å². The minimum absolute atomic E-state index is 0.0184. The Balaban J connectivity index is 1.30. The molecule has 0 radical (unpaired) electrons. The molecule has 3 heterocycles. The third-order valence-corrected chi connectivity index (χ3v) is 7.86. The van der Waals surface area contributed by atoms with Gasteiger partial charge in [-0.3, -0.25) is 9.59 Å². The molecule has 156 valence electrons. The summed E-state index contributed by atoms with van der Waals surface area (Å²) in [6.45, 7) is 2.09. The molecule has 8 heteroatoms. The molecule has 0 aromatic heterocycles. The van der Waals surface area contributed by atoms with Crippen LogP contribution in [0.4, 0.5) is 0 Å². The van der Waals surface area contributed by atoms with E-state index in [0.29, 0.717) is 47.3 Å². The number of nitrogens with zero attached hydrogens (tertiary/aromatic N) is 2. The van der Waals surface area contributed by atoms with Crippen LogP contribution in [0.3, 0.4) is 0 Å². The Labute approximate surface area is 184 Å². The lowest BCUT2D eigenvalue weighted by Gasteiger charge is -2.44. The normalized spacial score (nSPS) is 19.4. The van der Waals surface area contributed by atoms with Crippen molar-refractivity contribution in [1.82, 2.24) is 9.80 Å². The average molecular weight is 445 g/mol. The first-order valence-electron chi connectivity index (χ1n) is 9.97. The molecule has 0 unspecified atom stereocenters. The van der Waals surface area contributed by atoms with Gasteiger partial charge in [0.15, 0.2) is 11.5 Å². The van der Waals surface area contributed by atoms with Crippen molar-refractivity contribution < 1.29 is 19.1 Å². The number of hydrogen-bond donors (Lipinski definition) is 0. The first-order chi connectivity index (χ1) is 14.6. The van der Waals surface area contributed by atoms with Crippen LogP contribution < -0.4 is 9.47 Å². The third kappa shape index (κ3) is 3.30. The van der Waals surface area contributed by atoms with Gasteiger partial charge in [0, 0.05) is 31.0 Å². The fourth-order valence-corrected chi connectivity index (χ4v) is 6.03. The number of carbonyl (C=O) groups is 2. The van der Waals surface area contributed by atoms with E-state index in [1.54, 1.807) is 30.3 Å². The zero-order chi connectivity index (χ0) is 20.7. The summed E-state index contributed by atoms with van der Waals surface area (Å²) in [4.78, 5) is 29.8. The molecule has 3 aliphatic heterocycles. The van der Waals surface area contributed by atoms with Gasteiger partial charge in [-0.15, -0.1) is 11.8 Å². The monoisotopic (exact) mass is 444 g/mol. The van der Waals surface area contributed by atoms with E-state index < -0.39 is 0 Å². The zero-order valence-corrected chi connectivity index (χ0v) is 17.9. The van der Waals surface area contributed by atoms with Gasteiger partial charge < -0.3 is 19.3 Å². The quantitative estimate of drug-likeness (QED) is 0.703. The molecule has 2 aromatic rings. The van der Waals surface area contributed by atoms with Crippen LogP contribution in [0, 0.1) is 0 Å². The number of thioether (sulfide) groups is 1. The van der Waals surface area contributed by atoms with E-state index in [0.717, 1.165) is 18.6 Å². The van der Waals surface area contributed by atoms with Gasteiger partial charge in [-0.1, -0.05) is 23.7 Å². The maximum absolute atomic E-state index is 13.2. The molecular formula is C22H21ClN2O4S. The fourth-order valence-electron chi connectivity index (χ4n) is 4.36. The predicted molar refractivity (Wildman–Crippen MR) is 115 cm³/mol. The molecule has 2 saturated heterocycles. The Morgan fingerprint density at radius 1 is 0.967 bits per heavy atom. The molecule has 1 spiro atoms. The molecule has 2 fully saturated rings. The summed E-state index contributed by atoms with van der Waals surface area (Å²) in [5.74, 6) is 2.13. The van der Waals surface area contributed by atoms with Gasteiger partial charge in [0.25, 0.3) is 11.8 Å². The molecule has 5 rings (SSSR count). The van der Waals surface area contributed by atoms with Crippen LogP contribution in [-0.2, 0) is 0 Å². The van der Waals surface area contributed by atoms with Crippen molar-refractivity contribution >= 4 is 35.2 Å². The van der Waals surface area contributed by atoms with E-state index >= 15 is 0 Å². The Bertz CT molecular complexity index is 1010. The summed E-state index contributed by atoms with van der Waals surface area (Å²) >= 11 is 8.09. The van der Waals surface area contributed by atoms with Gasteiger partial charge in [0.2, 0.25) is 6.79 Å². The number of hydrogen-bond acceptors (Lipinski definition) is 5. The molecule has 6 nitrogen and oxygen atoms in total. The van der Waals surface area contributed by atoms with E-state index in [9.17, 15) is 9.59 Å². The van der Waals surface area contributed by atoms with Gasteiger partial charge in [-0.05, 0) is 43.2 Å². The smallest absolute Gasteiger partial charge is 0.256 e. The summed E-state index contributed by atoms with van der Waals surface area (Å²) in [6, 6.07) is 12.5. The van der Waals surface area contributed by atoms with Crippen LogP contribution in [0.1, 0.15) is 33.6 Å². The van der Waals surface area contributed by atoms with E-state index in [2.05, 4.69) is 0 Å². The van der Waals surface area contributed by atoms with E-state index in [1.165, 1.54) is 0 Å². The largest absolute Gasteiger partial charge is 0.454 e. The van der Waals surface area contributed by atoms with Crippen LogP contribution in [-0.4, -0.2) is 58.7 Å². The Hall–Kier alpha value is -2.38. The summed E-state index contributed by atoms with van der Waals surface area (Å²) in [5, 5.41) is 0.477. The molecule has 0 aliphatic carbocycles. The van der Waals surface area contributed by atoms with Crippen LogP contribution >= 0.6 is 23.4 Å². The Morgan fingerprint density at radius 2 is 1.73 bits per heavy atom. The minimum Gasteiger partial charge on any atom is -0.454 e. The van der Waals surface area contributed by atoms with Gasteiger partial charge in [0.05, 0.1) is 15.5 Å². The predicted octanol–water partition coefficient (Wildman–Crippen LogP) is 3.89. The minimum atomic E-state index is -0.276. The molecule has 2 amide bonds. The van der Waals surface area contributed by atoms with Crippen molar-refractivity contribution in [2.24, 2.45) is 0 Å². The number of likely N-dealkylation sites (tertiary alicyclic amines) is 1. The molecule has 0 atom stereocenters. The number of rotatable bonds is 2. The van der Waals surface area contributed by atoms with Gasteiger partial charge in [-0.25, -0.2) is 0 Å². The van der Waals surface area contributed by atoms with Crippen LogP contribution in [0.5, 0.6) is 11.5 Å². The summed E-state index contributed by atoms with van der Waals surface area (Å²) in [5.41, 5.74) is 1.14. The molecule has 2 aromatic carbocycles. The second-order valence-electron chi connectivity index (χ2n) is 7.59. The first kappa shape index (κ1) is 19.6. The molecule has 0 bridgehead atoms. The molecule has 30 heavy (non-hydrogen) atoms. The maximum atomic E-state index is 13.2. The van der Waals surface area contributed by atoms with Crippen LogP contribution in [0.15, 0.2) is 42.5 Å². The summed E-state index contributed by atoms with van der Waals surface area (Å²) < 4.78 is 10.7. The number of amides is 2. The fraction of sp³-hybridized carbons (Fsp3) is 0.364. The lowest BCUT2D eigenvalue weighted by Crippen LogP contribution is -2.53. The first-order valence-corrected chi connectivity index (χ1v) is 11.3. The van der Waals surface area contributed by atoms with Crippen molar-refractivity contribution in [1.29, 1.82) is 0 Å². The highest BCUT2D eigenvalue weighted by atomic mass is 35.5. The Morgan fingerprint density at radius 3 is 2.53 bits per heavy atom. The van der Waals surface area contributed by atoms with Crippen molar-refractivity contribution in [3.63, 3.8) is 0 Å². The van der Waals surface area contributed by atoms with Gasteiger partial charge >= 0.3 is 0 Å². The summed E-state index contributed by atoms with van der Waals surface area (Å²) in [6.07, 6.45) is 1.48. The summed E-state index contributed by atoms with van der Waals surface area (Å²) in [7, 11) is 0. The van der Waals surface area contributed by atoms with E-state index in [4.69, 9.17) is 21.1 Å². The number of ether oxygens (including phenoxy) is 2. The average Bonchev–Trinajstić information content (AvgIpc) is 3.40. The van der Waals surface area contributed by atoms with Crippen LogP contribution in [0.25, 0.3) is 0 Å². The van der Waals surface area contributed by atoms with Crippen molar-refractivity contribution in [2.75, 3.05) is 32.2 Å². The molecule has 3 aliphatic rings. The second kappa shape index (κ2) is 7.71. The SMILES string of the molecule is O=C(c1ccc2c(c1)OCO2)N1CCC2(CC1)SCCN2C(=O)c1ccccc1Cl. The number of piperidine rings is 1. The van der Waals surface area contributed by atoms with Crippen molar-refractivity contribution in [2.45, 2.75) is 17.7 Å². The van der Waals surface area contributed by atoms with E-state index in [1.807, 2.05) is 33.7 Å². The maximum Gasteiger partial charge on any atom is 0.256 e. The highest BCUT2D eigenvalue weighted by molar-refractivity contribution is 8.00. The zero-order valence-electron chi connectivity index (χ0n) is 16.3. The van der Waals surface area contributed by atoms with Crippen molar-refractivity contribution in [3.8, 4) is 11.5 Å². The lowest BCUT2D eigenvalue weighted by atomic mass is 10.00. The lowest BCUT2D eigenvalue weighted by molar-refractivity contribution is 0.0497. The molecule has 0 N–H and O–H groups in total. The van der Waals surface area contributed by atoms with E-state index in [-0.39, 0.29) is 23.5 Å². The highest BCUT2D eigenvalue weighted by Crippen LogP contribution is 2.45. The number of carbonyl (C=O) groups excluding carboxylic acids is 2. The number of fused-ring (bicyclic) bond motifs is 1. The standard InChI is InChI=1S/C22H21ClN2O4S/c23-17-4-2-1-3-16(17)21(27)25-11-12-30-22(25)7-9-24(10-8-22)20(26)15-5-6-18-19(13-15)29-14-28-18/h1-6,13H,7-12,14H2. The molecular weight excluding hydrogens is 424 g/mol. The second-order valence-corrected chi connectivity index (χ2v) is 9.46. The number of benzene rings is 2. The van der Waals surface area contributed by atoms with Gasteiger partial charge in [0.1, 0.15) is 0 Å². The van der Waals surface area contributed by atoms with Gasteiger partial charge in [-0.2, -0.15) is 0 Å². The van der Waals surface area contributed by atoms with Crippen LogP contribution in [0.2, 0.25) is 5.02 Å². The third-order valence-electron chi connectivity index (χ3n) is 5.98. The number of halogens is 1. The molecule has 0 saturated carbocycles.